The summed E-state index contributed by atoms with van der Waals surface area (Å²) < 4.78 is 28.2. The summed E-state index contributed by atoms with van der Waals surface area (Å²) in [7, 11) is -3.74. The second kappa shape index (κ2) is 8.99. The molecule has 34 heavy (non-hydrogen) atoms. The molecule has 1 unspecified atom stereocenters. The van der Waals surface area contributed by atoms with Crippen molar-refractivity contribution in [3.8, 4) is 0 Å². The van der Waals surface area contributed by atoms with Gasteiger partial charge in [-0.25, -0.2) is 8.42 Å². The molecule has 5 rings (SSSR count). The fourth-order valence-corrected chi connectivity index (χ4v) is 5.71. The van der Waals surface area contributed by atoms with Crippen LogP contribution < -0.4 is 4.72 Å². The van der Waals surface area contributed by atoms with Crippen molar-refractivity contribution in [3.63, 3.8) is 0 Å². The van der Waals surface area contributed by atoms with Gasteiger partial charge < -0.3 is 9.88 Å². The molecule has 1 aliphatic rings. The van der Waals surface area contributed by atoms with Gasteiger partial charge in [0.1, 0.15) is 0 Å². The number of hydrogen-bond donors (Lipinski definition) is 2. The van der Waals surface area contributed by atoms with Crippen molar-refractivity contribution >= 4 is 32.5 Å². The van der Waals surface area contributed by atoms with Gasteiger partial charge in [0.2, 0.25) is 0 Å². The van der Waals surface area contributed by atoms with Gasteiger partial charge >= 0.3 is 0 Å². The van der Waals surface area contributed by atoms with Gasteiger partial charge in [0, 0.05) is 35.8 Å². The van der Waals surface area contributed by atoms with Crippen LogP contribution in [0.25, 0.3) is 10.9 Å². The number of fused-ring (bicyclic) bond motifs is 1. The lowest BCUT2D eigenvalue weighted by Gasteiger charge is -2.32. The molecule has 0 spiro atoms. The molecule has 0 aliphatic carbocycles. The molecule has 1 saturated heterocycles. The minimum absolute atomic E-state index is 0.0726. The average molecular weight is 474 g/mol. The topological polar surface area (TPSA) is 82.3 Å². The molecule has 0 bridgehead atoms. The summed E-state index contributed by atoms with van der Waals surface area (Å²) in [5.41, 5.74) is 4.14. The second-order valence-corrected chi connectivity index (χ2v) is 10.5. The molecule has 0 radical (unpaired) electrons. The molecule has 1 aliphatic heterocycles. The van der Waals surface area contributed by atoms with Crippen LogP contribution >= 0.6 is 0 Å². The van der Waals surface area contributed by atoms with E-state index >= 15 is 0 Å². The third kappa shape index (κ3) is 4.43. The molecular formula is C27H27N3O3S. The first-order valence-electron chi connectivity index (χ1n) is 11.5. The third-order valence-corrected chi connectivity index (χ3v) is 7.88. The first-order chi connectivity index (χ1) is 16.4. The van der Waals surface area contributed by atoms with Gasteiger partial charge in [-0.1, -0.05) is 36.4 Å². The number of para-hydroxylation sites is 2. The highest BCUT2D eigenvalue weighted by Gasteiger charge is 2.27. The van der Waals surface area contributed by atoms with E-state index in [9.17, 15) is 13.2 Å². The third-order valence-electron chi connectivity index (χ3n) is 6.50. The van der Waals surface area contributed by atoms with Crippen LogP contribution in [0.3, 0.4) is 0 Å². The van der Waals surface area contributed by atoms with Gasteiger partial charge in [-0.15, -0.1) is 0 Å². The number of benzene rings is 3. The number of aryl methyl sites for hydroxylation is 1. The van der Waals surface area contributed by atoms with Gasteiger partial charge in [-0.2, -0.15) is 0 Å². The zero-order chi connectivity index (χ0) is 23.7. The van der Waals surface area contributed by atoms with E-state index in [0.717, 1.165) is 29.6 Å². The van der Waals surface area contributed by atoms with E-state index in [0.29, 0.717) is 24.3 Å². The number of nitrogens with one attached hydrogen (secondary N) is 2. The van der Waals surface area contributed by atoms with E-state index in [1.165, 1.54) is 17.5 Å². The maximum absolute atomic E-state index is 13.2. The maximum atomic E-state index is 13.2. The summed E-state index contributed by atoms with van der Waals surface area (Å²) in [6.07, 6.45) is 1.96. The molecule has 174 valence electrons. The predicted molar refractivity (Wildman–Crippen MR) is 135 cm³/mol. The van der Waals surface area contributed by atoms with Gasteiger partial charge in [-0.3, -0.25) is 9.52 Å². The number of aromatic nitrogens is 1. The Hall–Kier alpha value is -3.58. The Morgan fingerprint density at radius 3 is 2.50 bits per heavy atom. The minimum atomic E-state index is -3.74. The molecule has 1 amide bonds. The van der Waals surface area contributed by atoms with Crippen LogP contribution in [0.4, 0.5) is 5.69 Å². The van der Waals surface area contributed by atoms with Crippen LogP contribution in [0.1, 0.15) is 40.4 Å². The van der Waals surface area contributed by atoms with E-state index < -0.39 is 10.0 Å². The lowest BCUT2D eigenvalue weighted by atomic mass is 9.94. The molecule has 4 aromatic rings. The van der Waals surface area contributed by atoms with Crippen LogP contribution in [0.2, 0.25) is 0 Å². The average Bonchev–Trinajstić information content (AvgIpc) is 3.30. The number of nitrogens with zero attached hydrogens (tertiary/aromatic N) is 1. The van der Waals surface area contributed by atoms with Crippen molar-refractivity contribution in [1.29, 1.82) is 0 Å². The zero-order valence-electron chi connectivity index (χ0n) is 19.0. The van der Waals surface area contributed by atoms with E-state index in [-0.39, 0.29) is 16.7 Å². The van der Waals surface area contributed by atoms with Crippen molar-refractivity contribution in [2.45, 2.75) is 30.6 Å². The monoisotopic (exact) mass is 473 g/mol. The van der Waals surface area contributed by atoms with Crippen LogP contribution in [0.5, 0.6) is 0 Å². The van der Waals surface area contributed by atoms with E-state index in [1.54, 1.807) is 24.3 Å². The molecule has 3 aromatic carbocycles. The Labute approximate surface area is 199 Å². The van der Waals surface area contributed by atoms with E-state index in [4.69, 9.17) is 0 Å². The molecule has 1 fully saturated rings. The number of carbonyl (C=O) groups excluding carboxylic acids is 1. The highest BCUT2D eigenvalue weighted by atomic mass is 32.2. The van der Waals surface area contributed by atoms with Crippen LogP contribution in [0, 0.1) is 6.92 Å². The Bertz CT molecular complexity index is 1410. The number of piperidine rings is 1. The molecule has 7 heteroatoms. The summed E-state index contributed by atoms with van der Waals surface area (Å²) in [4.78, 5) is 18.7. The van der Waals surface area contributed by atoms with Gasteiger partial charge in [0.05, 0.1) is 10.6 Å². The first-order valence-corrected chi connectivity index (χ1v) is 12.9. The summed E-state index contributed by atoms with van der Waals surface area (Å²) in [5.74, 6) is 0.180. The Morgan fingerprint density at radius 2 is 1.74 bits per heavy atom. The fraction of sp³-hybridized carbons (Fsp3) is 0.222. The van der Waals surface area contributed by atoms with Crippen LogP contribution in [-0.4, -0.2) is 37.3 Å². The number of anilines is 1. The van der Waals surface area contributed by atoms with E-state index in [2.05, 4.69) is 27.9 Å². The van der Waals surface area contributed by atoms with Gasteiger partial charge in [0.25, 0.3) is 15.9 Å². The number of amides is 1. The first kappa shape index (κ1) is 22.2. The molecule has 2 N–H and O–H groups in total. The van der Waals surface area contributed by atoms with Crippen molar-refractivity contribution < 1.29 is 13.2 Å². The number of rotatable bonds is 5. The highest BCUT2D eigenvalue weighted by molar-refractivity contribution is 7.92. The number of likely N-dealkylation sites (tertiary alicyclic amines) is 1. The van der Waals surface area contributed by atoms with Crippen LogP contribution in [0.15, 0.2) is 83.8 Å². The number of hydrogen-bond acceptors (Lipinski definition) is 3. The molecular weight excluding hydrogens is 446 g/mol. The molecule has 1 atom stereocenters. The SMILES string of the molecule is Cc1ccccc1NS(=O)(=O)c1ccc(C(=O)N2CCCC(c3cc4ccccc4[nH]3)C2)cc1. The van der Waals surface area contributed by atoms with Crippen LogP contribution in [-0.2, 0) is 10.0 Å². The van der Waals surface area contributed by atoms with Crippen molar-refractivity contribution in [1.82, 2.24) is 9.88 Å². The number of H-pyrrole nitrogens is 1. The summed E-state index contributed by atoms with van der Waals surface area (Å²) >= 11 is 0. The van der Waals surface area contributed by atoms with Gasteiger partial charge in [0.15, 0.2) is 0 Å². The van der Waals surface area contributed by atoms with Crippen molar-refractivity contribution in [2.75, 3.05) is 17.8 Å². The Kier molecular flexibility index (Phi) is 5.87. The minimum Gasteiger partial charge on any atom is -0.358 e. The predicted octanol–water partition coefficient (Wildman–Crippen LogP) is 5.30. The molecule has 1 aromatic heterocycles. The molecule has 2 heterocycles. The lowest BCUT2D eigenvalue weighted by molar-refractivity contribution is 0.0706. The normalized spacial score (nSPS) is 16.5. The quantitative estimate of drug-likeness (QED) is 0.413. The van der Waals surface area contributed by atoms with Crippen molar-refractivity contribution in [3.05, 3.63) is 95.7 Å². The number of sulfonamides is 1. The van der Waals surface area contributed by atoms with Gasteiger partial charge in [-0.05, 0) is 73.2 Å². The highest BCUT2D eigenvalue weighted by Crippen LogP contribution is 2.30. The largest absolute Gasteiger partial charge is 0.358 e. The zero-order valence-corrected chi connectivity index (χ0v) is 19.8. The summed E-state index contributed by atoms with van der Waals surface area (Å²) in [6, 6.07) is 23.8. The molecule has 0 saturated carbocycles. The summed E-state index contributed by atoms with van der Waals surface area (Å²) in [6.45, 7) is 3.19. The lowest BCUT2D eigenvalue weighted by Crippen LogP contribution is -2.39. The smallest absolute Gasteiger partial charge is 0.261 e. The fourth-order valence-electron chi connectivity index (χ4n) is 4.58. The standard InChI is InChI=1S/C27H27N3O3S/c1-19-7-2-4-10-24(19)29-34(32,33)23-14-12-20(13-15-23)27(31)30-16-6-9-22(18-30)26-17-21-8-3-5-11-25(21)28-26/h2-5,7-8,10-15,17,22,28-29H,6,9,16,18H2,1H3. The Balaban J connectivity index is 1.30. The van der Waals surface area contributed by atoms with E-state index in [1.807, 2.05) is 36.1 Å². The molecule has 6 nitrogen and oxygen atoms in total. The summed E-state index contributed by atoms with van der Waals surface area (Å²) in [5, 5.41) is 1.18. The van der Waals surface area contributed by atoms with Crippen molar-refractivity contribution in [2.24, 2.45) is 0 Å². The number of carbonyl (C=O) groups is 1. The Morgan fingerprint density at radius 1 is 1.00 bits per heavy atom. The maximum Gasteiger partial charge on any atom is 0.261 e. The number of aromatic amines is 1. The second-order valence-electron chi connectivity index (χ2n) is 8.85.